The third kappa shape index (κ3) is 4.50. The lowest BCUT2D eigenvalue weighted by molar-refractivity contribution is 0.239. The van der Waals surface area contributed by atoms with Crippen LogP contribution in [0.1, 0.15) is 11.4 Å². The van der Waals surface area contributed by atoms with Gasteiger partial charge in [0.05, 0.1) is 11.2 Å². The third-order valence-electron chi connectivity index (χ3n) is 3.02. The van der Waals surface area contributed by atoms with Crippen LogP contribution in [0, 0.1) is 6.92 Å². The van der Waals surface area contributed by atoms with E-state index in [0.29, 0.717) is 10.8 Å². The monoisotopic (exact) mass is 304 g/mol. The Morgan fingerprint density at radius 1 is 1.47 bits per heavy atom. The number of aromatic nitrogens is 1. The number of rotatable bonds is 6. The van der Waals surface area contributed by atoms with Gasteiger partial charge in [0.15, 0.2) is 4.21 Å². The zero-order chi connectivity index (χ0) is 13.7. The van der Waals surface area contributed by atoms with Crippen LogP contribution >= 0.6 is 11.3 Å². The first-order valence-electron chi connectivity index (χ1n) is 6.43. The van der Waals surface area contributed by atoms with E-state index in [4.69, 9.17) is 0 Å². The summed E-state index contributed by atoms with van der Waals surface area (Å²) in [6.45, 7) is 7.34. The molecule has 2 rings (SSSR count). The molecule has 1 aromatic heterocycles. The number of hydrogen-bond donors (Lipinski definition) is 2. The highest BCUT2D eigenvalue weighted by molar-refractivity contribution is 7.91. The third-order valence-corrected chi connectivity index (χ3v) is 5.85. The van der Waals surface area contributed by atoms with Crippen molar-refractivity contribution >= 4 is 21.4 Å². The molecule has 6 nitrogen and oxygen atoms in total. The molecule has 1 aromatic rings. The maximum atomic E-state index is 11.9. The van der Waals surface area contributed by atoms with Crippen molar-refractivity contribution < 1.29 is 8.42 Å². The molecule has 2 heterocycles. The van der Waals surface area contributed by atoms with Crippen LogP contribution in [0.15, 0.2) is 10.4 Å². The van der Waals surface area contributed by atoms with Gasteiger partial charge in [0.2, 0.25) is 0 Å². The summed E-state index contributed by atoms with van der Waals surface area (Å²) < 4.78 is 26.8. The minimum atomic E-state index is -3.37. The van der Waals surface area contributed by atoms with Crippen molar-refractivity contribution in [3.63, 3.8) is 0 Å². The lowest BCUT2D eigenvalue weighted by atomic mass is 10.3. The molecule has 1 aliphatic heterocycles. The molecule has 0 aromatic carbocycles. The molecule has 0 spiro atoms. The average molecular weight is 304 g/mol. The molecule has 0 saturated carbocycles. The lowest BCUT2D eigenvalue weighted by Gasteiger charge is -2.26. The Hall–Kier alpha value is -0.540. The van der Waals surface area contributed by atoms with E-state index in [2.05, 4.69) is 19.9 Å². The maximum Gasteiger partial charge on any atom is 0.251 e. The molecule has 0 bridgehead atoms. The second kappa shape index (κ2) is 6.76. The van der Waals surface area contributed by atoms with Gasteiger partial charge in [-0.2, -0.15) is 0 Å². The van der Waals surface area contributed by atoms with Gasteiger partial charge in [-0.1, -0.05) is 0 Å². The molecule has 2 N–H and O–H groups in total. The van der Waals surface area contributed by atoms with E-state index in [-0.39, 0.29) is 0 Å². The van der Waals surface area contributed by atoms with Gasteiger partial charge in [0.1, 0.15) is 0 Å². The Morgan fingerprint density at radius 2 is 2.21 bits per heavy atom. The average Bonchev–Trinajstić information content (AvgIpc) is 2.84. The van der Waals surface area contributed by atoms with Crippen LogP contribution < -0.4 is 10.0 Å². The molecule has 1 fully saturated rings. The number of hydrogen-bond acceptors (Lipinski definition) is 6. The summed E-state index contributed by atoms with van der Waals surface area (Å²) in [5.74, 6) is 0. The largest absolute Gasteiger partial charge is 0.314 e. The summed E-state index contributed by atoms with van der Waals surface area (Å²) in [4.78, 5) is 6.32. The number of sulfonamides is 1. The predicted molar refractivity (Wildman–Crippen MR) is 76.0 cm³/mol. The predicted octanol–water partition coefficient (Wildman–Crippen LogP) is 0.0251. The number of nitrogens with zero attached hydrogens (tertiary/aromatic N) is 2. The van der Waals surface area contributed by atoms with Crippen molar-refractivity contribution in [3.05, 3.63) is 11.2 Å². The summed E-state index contributed by atoms with van der Waals surface area (Å²) in [5, 5.41) is 4.06. The van der Waals surface area contributed by atoms with Gasteiger partial charge in [-0.05, 0) is 19.9 Å². The Kier molecular flexibility index (Phi) is 5.28. The first-order valence-corrected chi connectivity index (χ1v) is 8.73. The van der Waals surface area contributed by atoms with E-state index in [1.165, 1.54) is 17.5 Å². The van der Waals surface area contributed by atoms with Gasteiger partial charge in [0, 0.05) is 32.7 Å². The van der Waals surface area contributed by atoms with Gasteiger partial charge < -0.3 is 10.2 Å². The first kappa shape index (κ1) is 14.9. The van der Waals surface area contributed by atoms with Gasteiger partial charge >= 0.3 is 0 Å². The van der Waals surface area contributed by atoms with Gasteiger partial charge in [0.25, 0.3) is 10.0 Å². The van der Waals surface area contributed by atoms with Crippen molar-refractivity contribution in [3.8, 4) is 0 Å². The zero-order valence-electron chi connectivity index (χ0n) is 11.1. The first-order chi connectivity index (χ1) is 9.08. The highest BCUT2D eigenvalue weighted by Crippen LogP contribution is 2.17. The van der Waals surface area contributed by atoms with E-state index in [0.717, 1.165) is 44.2 Å². The molecular formula is C11H20N4O2S2. The molecule has 0 amide bonds. The topological polar surface area (TPSA) is 74.3 Å². The zero-order valence-corrected chi connectivity index (χ0v) is 12.7. The van der Waals surface area contributed by atoms with E-state index in [9.17, 15) is 8.42 Å². The standard InChI is InChI=1S/C11H20N4O2S2/c1-10-13-9-11(18-10)19(16,17)14-3-2-6-15-7-4-12-5-8-15/h9,12,14H,2-8H2,1H3. The van der Waals surface area contributed by atoms with Crippen molar-refractivity contribution in [2.75, 3.05) is 39.3 Å². The Morgan fingerprint density at radius 3 is 2.84 bits per heavy atom. The van der Waals surface area contributed by atoms with Crippen LogP contribution in [0.3, 0.4) is 0 Å². The molecule has 1 saturated heterocycles. The minimum absolute atomic E-state index is 0.298. The molecule has 0 unspecified atom stereocenters. The molecule has 0 radical (unpaired) electrons. The normalized spacial score (nSPS) is 17.7. The summed E-state index contributed by atoms with van der Waals surface area (Å²) in [6, 6.07) is 0. The summed E-state index contributed by atoms with van der Waals surface area (Å²) in [6.07, 6.45) is 2.25. The smallest absolute Gasteiger partial charge is 0.251 e. The highest BCUT2D eigenvalue weighted by atomic mass is 32.2. The van der Waals surface area contributed by atoms with Gasteiger partial charge in [-0.3, -0.25) is 0 Å². The fraction of sp³-hybridized carbons (Fsp3) is 0.727. The summed E-state index contributed by atoms with van der Waals surface area (Å²) >= 11 is 1.20. The number of piperazine rings is 1. The second-order valence-electron chi connectivity index (χ2n) is 4.54. The van der Waals surface area contributed by atoms with Crippen molar-refractivity contribution in [2.45, 2.75) is 17.6 Å². The maximum absolute atomic E-state index is 11.9. The van der Waals surface area contributed by atoms with Crippen molar-refractivity contribution in [2.24, 2.45) is 0 Å². The van der Waals surface area contributed by atoms with E-state index < -0.39 is 10.0 Å². The van der Waals surface area contributed by atoms with Crippen LogP contribution in [0.2, 0.25) is 0 Å². The SMILES string of the molecule is Cc1ncc(S(=O)(=O)NCCCN2CCNCC2)s1. The molecule has 8 heteroatoms. The van der Waals surface area contributed by atoms with Crippen molar-refractivity contribution in [1.82, 2.24) is 19.9 Å². The van der Waals surface area contributed by atoms with Crippen molar-refractivity contribution in [1.29, 1.82) is 0 Å². The highest BCUT2D eigenvalue weighted by Gasteiger charge is 2.16. The minimum Gasteiger partial charge on any atom is -0.314 e. The summed E-state index contributed by atoms with van der Waals surface area (Å²) in [7, 11) is -3.37. The fourth-order valence-electron chi connectivity index (χ4n) is 1.98. The quantitative estimate of drug-likeness (QED) is 0.725. The number of thiazole rings is 1. The van der Waals surface area contributed by atoms with Crippen LogP contribution in [0.4, 0.5) is 0 Å². The van der Waals surface area contributed by atoms with Gasteiger partial charge in [-0.25, -0.2) is 18.1 Å². The number of aryl methyl sites for hydroxylation is 1. The van der Waals surface area contributed by atoms with Crippen LogP contribution in [-0.4, -0.2) is 57.6 Å². The van der Waals surface area contributed by atoms with Crippen LogP contribution in [-0.2, 0) is 10.0 Å². The van der Waals surface area contributed by atoms with E-state index in [1.54, 1.807) is 6.92 Å². The Bertz CT molecular complexity index is 495. The van der Waals surface area contributed by atoms with E-state index >= 15 is 0 Å². The lowest BCUT2D eigenvalue weighted by Crippen LogP contribution is -2.44. The second-order valence-corrected chi connectivity index (χ2v) is 7.77. The molecular weight excluding hydrogens is 284 g/mol. The summed E-state index contributed by atoms with van der Waals surface area (Å²) in [5.41, 5.74) is 0. The molecule has 1 aliphatic rings. The number of nitrogens with one attached hydrogen (secondary N) is 2. The molecule has 0 aliphatic carbocycles. The Labute approximate surface area is 118 Å². The molecule has 108 valence electrons. The molecule has 0 atom stereocenters. The van der Waals surface area contributed by atoms with E-state index in [1.807, 2.05) is 0 Å². The van der Waals surface area contributed by atoms with Crippen LogP contribution in [0.5, 0.6) is 0 Å². The molecule has 19 heavy (non-hydrogen) atoms. The van der Waals surface area contributed by atoms with Crippen LogP contribution in [0.25, 0.3) is 0 Å². The fourth-order valence-corrected chi connectivity index (χ4v) is 4.21. The van der Waals surface area contributed by atoms with Gasteiger partial charge in [-0.15, -0.1) is 11.3 Å². The Balaban J connectivity index is 1.72.